The van der Waals surface area contributed by atoms with Crippen LogP contribution in [0.25, 0.3) is 0 Å². The number of methoxy groups -OCH3 is 1. The van der Waals surface area contributed by atoms with Crippen molar-refractivity contribution in [1.29, 1.82) is 0 Å². The van der Waals surface area contributed by atoms with Crippen molar-refractivity contribution in [2.24, 2.45) is 0 Å². The van der Waals surface area contributed by atoms with Gasteiger partial charge in [-0.25, -0.2) is 14.4 Å². The SMILES string of the molecule is CCNc1nc(C2(OC)CCCCCC2)nc(C)c1F. The second-order valence-corrected chi connectivity index (χ2v) is 5.44. The van der Waals surface area contributed by atoms with Gasteiger partial charge >= 0.3 is 0 Å². The topological polar surface area (TPSA) is 47.0 Å². The van der Waals surface area contributed by atoms with Gasteiger partial charge in [-0.2, -0.15) is 0 Å². The lowest BCUT2D eigenvalue weighted by molar-refractivity contribution is -0.0352. The molecule has 2 rings (SSSR count). The summed E-state index contributed by atoms with van der Waals surface area (Å²) in [6.07, 6.45) is 6.44. The number of nitrogens with zero attached hydrogens (tertiary/aromatic N) is 2. The van der Waals surface area contributed by atoms with E-state index in [0.29, 0.717) is 18.1 Å². The van der Waals surface area contributed by atoms with Crippen LogP contribution in [-0.4, -0.2) is 23.6 Å². The zero-order valence-corrected chi connectivity index (χ0v) is 12.6. The molecule has 1 aliphatic carbocycles. The van der Waals surface area contributed by atoms with Crippen LogP contribution in [0, 0.1) is 12.7 Å². The summed E-state index contributed by atoms with van der Waals surface area (Å²) in [6, 6.07) is 0. The van der Waals surface area contributed by atoms with Gasteiger partial charge in [0.1, 0.15) is 5.60 Å². The van der Waals surface area contributed by atoms with Gasteiger partial charge in [-0.3, -0.25) is 0 Å². The summed E-state index contributed by atoms with van der Waals surface area (Å²) in [6.45, 7) is 4.24. The van der Waals surface area contributed by atoms with Gasteiger partial charge in [0.2, 0.25) is 0 Å². The standard InChI is InChI=1S/C15H24FN3O/c1-4-17-13-12(16)11(2)18-14(19-13)15(20-3)9-7-5-6-8-10-15/h4-10H2,1-3H3,(H,17,18,19). The first-order valence-corrected chi connectivity index (χ1v) is 7.46. The highest BCUT2D eigenvalue weighted by Gasteiger charge is 2.36. The summed E-state index contributed by atoms with van der Waals surface area (Å²) in [5.41, 5.74) is -0.0781. The van der Waals surface area contributed by atoms with Gasteiger partial charge in [0, 0.05) is 13.7 Å². The summed E-state index contributed by atoms with van der Waals surface area (Å²) in [7, 11) is 1.71. The first-order valence-electron chi connectivity index (χ1n) is 7.46. The number of hydrogen-bond donors (Lipinski definition) is 1. The normalized spacial score (nSPS) is 18.6. The molecule has 1 fully saturated rings. The van der Waals surface area contributed by atoms with Crippen LogP contribution in [0.2, 0.25) is 0 Å². The Labute approximate surface area is 120 Å². The van der Waals surface area contributed by atoms with E-state index in [0.717, 1.165) is 25.7 Å². The van der Waals surface area contributed by atoms with Crippen LogP contribution in [0.3, 0.4) is 0 Å². The van der Waals surface area contributed by atoms with Crippen LogP contribution < -0.4 is 5.32 Å². The summed E-state index contributed by atoms with van der Waals surface area (Å²) >= 11 is 0. The Hall–Kier alpha value is -1.23. The van der Waals surface area contributed by atoms with Crippen molar-refractivity contribution in [3.05, 3.63) is 17.3 Å². The number of rotatable bonds is 4. The van der Waals surface area contributed by atoms with Crippen LogP contribution >= 0.6 is 0 Å². The Bertz CT molecular complexity index is 457. The minimum Gasteiger partial charge on any atom is -0.370 e. The molecular weight excluding hydrogens is 257 g/mol. The van der Waals surface area contributed by atoms with E-state index in [1.807, 2.05) is 6.92 Å². The van der Waals surface area contributed by atoms with E-state index in [-0.39, 0.29) is 11.6 Å². The van der Waals surface area contributed by atoms with Crippen LogP contribution in [0.4, 0.5) is 10.2 Å². The van der Waals surface area contributed by atoms with Crippen LogP contribution in [-0.2, 0) is 10.3 Å². The fourth-order valence-corrected chi connectivity index (χ4v) is 2.87. The smallest absolute Gasteiger partial charge is 0.186 e. The molecule has 1 saturated carbocycles. The van der Waals surface area contributed by atoms with E-state index in [1.54, 1.807) is 14.0 Å². The van der Waals surface area contributed by atoms with E-state index in [4.69, 9.17) is 4.74 Å². The first-order chi connectivity index (χ1) is 9.63. The third-order valence-corrected chi connectivity index (χ3v) is 4.07. The van der Waals surface area contributed by atoms with E-state index >= 15 is 0 Å². The van der Waals surface area contributed by atoms with Crippen molar-refractivity contribution in [2.45, 2.75) is 58.0 Å². The quantitative estimate of drug-likeness (QED) is 0.857. The van der Waals surface area contributed by atoms with Gasteiger partial charge in [-0.1, -0.05) is 25.7 Å². The van der Waals surface area contributed by atoms with Crippen molar-refractivity contribution in [3.8, 4) is 0 Å². The minimum atomic E-state index is -0.459. The molecule has 0 aliphatic heterocycles. The largest absolute Gasteiger partial charge is 0.370 e. The zero-order chi connectivity index (χ0) is 14.6. The van der Waals surface area contributed by atoms with Crippen LogP contribution in [0.1, 0.15) is 57.0 Å². The van der Waals surface area contributed by atoms with Gasteiger partial charge in [-0.15, -0.1) is 0 Å². The number of aromatic nitrogens is 2. The van der Waals surface area contributed by atoms with Crippen molar-refractivity contribution in [1.82, 2.24) is 9.97 Å². The molecule has 0 spiro atoms. The van der Waals surface area contributed by atoms with Crippen molar-refractivity contribution >= 4 is 5.82 Å². The van der Waals surface area contributed by atoms with Crippen molar-refractivity contribution in [2.75, 3.05) is 19.0 Å². The molecule has 0 amide bonds. The highest BCUT2D eigenvalue weighted by atomic mass is 19.1. The molecule has 0 saturated heterocycles. The Balaban J connectivity index is 2.43. The number of nitrogens with one attached hydrogen (secondary N) is 1. The molecule has 0 aromatic carbocycles. The molecule has 1 aromatic rings. The summed E-state index contributed by atoms with van der Waals surface area (Å²) in [5, 5.41) is 2.97. The lowest BCUT2D eigenvalue weighted by Gasteiger charge is -2.30. The van der Waals surface area contributed by atoms with E-state index in [1.165, 1.54) is 12.8 Å². The summed E-state index contributed by atoms with van der Waals surface area (Å²) < 4.78 is 19.8. The molecule has 0 radical (unpaired) electrons. The Morgan fingerprint density at radius 3 is 2.40 bits per heavy atom. The van der Waals surface area contributed by atoms with Gasteiger partial charge in [-0.05, 0) is 26.7 Å². The lowest BCUT2D eigenvalue weighted by Crippen LogP contribution is -2.31. The van der Waals surface area contributed by atoms with Crippen molar-refractivity contribution < 1.29 is 9.13 Å². The van der Waals surface area contributed by atoms with Crippen LogP contribution in [0.5, 0.6) is 0 Å². The first kappa shape index (κ1) is 15.2. The average molecular weight is 281 g/mol. The second kappa shape index (κ2) is 6.48. The van der Waals surface area contributed by atoms with Crippen molar-refractivity contribution in [3.63, 3.8) is 0 Å². The molecule has 0 atom stereocenters. The predicted octanol–water partition coefficient (Wildman–Crippen LogP) is 3.55. The Morgan fingerprint density at radius 1 is 1.20 bits per heavy atom. The molecule has 112 valence electrons. The monoisotopic (exact) mass is 281 g/mol. The van der Waals surface area contributed by atoms with E-state index in [2.05, 4.69) is 15.3 Å². The third-order valence-electron chi connectivity index (χ3n) is 4.07. The highest BCUT2D eigenvalue weighted by molar-refractivity contribution is 5.38. The number of halogens is 1. The minimum absolute atomic E-state index is 0.288. The number of anilines is 1. The Kier molecular flexibility index (Phi) is 4.91. The number of aryl methyl sites for hydroxylation is 1. The third kappa shape index (κ3) is 2.92. The second-order valence-electron chi connectivity index (χ2n) is 5.44. The molecule has 0 unspecified atom stereocenters. The fraction of sp³-hybridized carbons (Fsp3) is 0.733. The molecule has 20 heavy (non-hydrogen) atoms. The molecular formula is C15H24FN3O. The van der Waals surface area contributed by atoms with E-state index in [9.17, 15) is 4.39 Å². The fourth-order valence-electron chi connectivity index (χ4n) is 2.87. The van der Waals surface area contributed by atoms with Gasteiger partial charge in [0.15, 0.2) is 17.5 Å². The summed E-state index contributed by atoms with van der Waals surface area (Å²) in [4.78, 5) is 8.78. The zero-order valence-electron chi connectivity index (χ0n) is 12.6. The highest BCUT2D eigenvalue weighted by Crippen LogP contribution is 2.38. The van der Waals surface area contributed by atoms with E-state index < -0.39 is 5.60 Å². The molecule has 5 heteroatoms. The average Bonchev–Trinajstić information content (AvgIpc) is 2.70. The van der Waals surface area contributed by atoms with Gasteiger partial charge in [0.05, 0.1) is 5.69 Å². The van der Waals surface area contributed by atoms with Crippen LogP contribution in [0.15, 0.2) is 0 Å². The molecule has 1 aromatic heterocycles. The predicted molar refractivity (Wildman–Crippen MR) is 77.3 cm³/mol. The maximum absolute atomic E-state index is 14.0. The molecule has 1 N–H and O–H groups in total. The lowest BCUT2D eigenvalue weighted by atomic mass is 9.93. The number of hydrogen-bond acceptors (Lipinski definition) is 4. The molecule has 0 bridgehead atoms. The Morgan fingerprint density at radius 2 is 1.85 bits per heavy atom. The van der Waals surface area contributed by atoms with Gasteiger partial charge < -0.3 is 10.1 Å². The maximum atomic E-state index is 14.0. The number of ether oxygens (including phenoxy) is 1. The summed E-state index contributed by atoms with van der Waals surface area (Å²) in [5.74, 6) is 0.544. The molecule has 1 heterocycles. The van der Waals surface area contributed by atoms with Gasteiger partial charge in [0.25, 0.3) is 0 Å². The molecule has 4 nitrogen and oxygen atoms in total. The maximum Gasteiger partial charge on any atom is 0.186 e. The molecule has 1 aliphatic rings.